The summed E-state index contributed by atoms with van der Waals surface area (Å²) in [4.78, 5) is 2.61. The Morgan fingerprint density at radius 3 is 2.55 bits per heavy atom. The molecule has 1 saturated heterocycles. The smallest absolute Gasteiger partial charge is 0.0865 e. The van der Waals surface area contributed by atoms with E-state index in [4.69, 9.17) is 11.6 Å². The number of halogens is 1. The van der Waals surface area contributed by atoms with Crippen LogP contribution in [0.1, 0.15) is 51.3 Å². The normalized spacial score (nSPS) is 31.3. The summed E-state index contributed by atoms with van der Waals surface area (Å²) in [5, 5.41) is 4.72. The molecule has 3 rings (SSSR count). The molecule has 2 aliphatic rings. The Morgan fingerprint density at radius 2 is 1.85 bits per heavy atom. The third kappa shape index (κ3) is 2.88. The molecule has 0 radical (unpaired) electrons. The van der Waals surface area contributed by atoms with Crippen LogP contribution >= 0.6 is 11.6 Å². The van der Waals surface area contributed by atoms with Crippen LogP contribution in [0.25, 0.3) is 0 Å². The van der Waals surface area contributed by atoms with Gasteiger partial charge in [-0.05, 0) is 50.3 Å². The summed E-state index contributed by atoms with van der Waals surface area (Å²) in [5.74, 6) is 0.828. The van der Waals surface area contributed by atoms with Gasteiger partial charge in [-0.3, -0.25) is 10.2 Å². The van der Waals surface area contributed by atoms with E-state index in [1.165, 1.54) is 37.8 Å². The SMILES string of the molecule is CC(C)N1C[C@H]2CCCC[C@H]2N[C@H]1c1ccc(Cl)cc1. The zero-order valence-electron chi connectivity index (χ0n) is 12.5. The third-order valence-electron chi connectivity index (χ3n) is 4.91. The van der Waals surface area contributed by atoms with Gasteiger partial charge >= 0.3 is 0 Å². The zero-order valence-corrected chi connectivity index (χ0v) is 13.2. The van der Waals surface area contributed by atoms with Crippen molar-refractivity contribution in [1.29, 1.82) is 0 Å². The van der Waals surface area contributed by atoms with Crippen LogP contribution < -0.4 is 5.32 Å². The Morgan fingerprint density at radius 1 is 1.15 bits per heavy atom. The van der Waals surface area contributed by atoms with Gasteiger partial charge in [0.2, 0.25) is 0 Å². The van der Waals surface area contributed by atoms with Gasteiger partial charge in [0.1, 0.15) is 0 Å². The predicted molar refractivity (Wildman–Crippen MR) is 84.9 cm³/mol. The van der Waals surface area contributed by atoms with E-state index >= 15 is 0 Å². The van der Waals surface area contributed by atoms with E-state index in [9.17, 15) is 0 Å². The fourth-order valence-corrected chi connectivity index (χ4v) is 3.89. The molecule has 110 valence electrons. The van der Waals surface area contributed by atoms with Crippen molar-refractivity contribution in [1.82, 2.24) is 10.2 Å². The number of fused-ring (bicyclic) bond motifs is 1. The van der Waals surface area contributed by atoms with Gasteiger partial charge in [-0.15, -0.1) is 0 Å². The van der Waals surface area contributed by atoms with Gasteiger partial charge < -0.3 is 0 Å². The molecule has 1 aromatic rings. The Bertz CT molecular complexity index is 443. The minimum Gasteiger partial charge on any atom is -0.295 e. The average Bonchev–Trinajstić information content (AvgIpc) is 2.46. The van der Waals surface area contributed by atoms with Crippen molar-refractivity contribution >= 4 is 11.6 Å². The first-order chi connectivity index (χ1) is 9.65. The lowest BCUT2D eigenvalue weighted by Gasteiger charge is -2.49. The number of hydrogen-bond donors (Lipinski definition) is 1. The molecule has 2 nitrogen and oxygen atoms in total. The first-order valence-electron chi connectivity index (χ1n) is 7.92. The lowest BCUT2D eigenvalue weighted by atomic mass is 9.81. The maximum atomic E-state index is 6.03. The molecule has 1 aromatic carbocycles. The van der Waals surface area contributed by atoms with Crippen LogP contribution in [-0.2, 0) is 0 Å². The number of nitrogens with zero attached hydrogens (tertiary/aromatic N) is 1. The van der Waals surface area contributed by atoms with Crippen molar-refractivity contribution in [2.75, 3.05) is 6.54 Å². The molecule has 20 heavy (non-hydrogen) atoms. The number of hydrogen-bond acceptors (Lipinski definition) is 2. The van der Waals surface area contributed by atoms with E-state index < -0.39 is 0 Å². The van der Waals surface area contributed by atoms with Crippen LogP contribution in [0.5, 0.6) is 0 Å². The molecule has 2 fully saturated rings. The molecule has 0 aromatic heterocycles. The van der Waals surface area contributed by atoms with E-state index in [2.05, 4.69) is 36.2 Å². The van der Waals surface area contributed by atoms with Crippen molar-refractivity contribution in [2.45, 2.75) is 57.8 Å². The molecule has 1 heterocycles. The number of benzene rings is 1. The van der Waals surface area contributed by atoms with E-state index in [0.29, 0.717) is 18.2 Å². The zero-order chi connectivity index (χ0) is 14.1. The van der Waals surface area contributed by atoms with Crippen LogP contribution in [0.4, 0.5) is 0 Å². The summed E-state index contributed by atoms with van der Waals surface area (Å²) in [6.45, 7) is 5.82. The van der Waals surface area contributed by atoms with Crippen LogP contribution in [0, 0.1) is 5.92 Å². The molecule has 0 bridgehead atoms. The van der Waals surface area contributed by atoms with Crippen LogP contribution in [-0.4, -0.2) is 23.5 Å². The monoisotopic (exact) mass is 292 g/mol. The largest absolute Gasteiger partial charge is 0.295 e. The molecule has 1 aliphatic heterocycles. The number of rotatable bonds is 2. The molecule has 0 spiro atoms. The highest BCUT2D eigenvalue weighted by molar-refractivity contribution is 6.30. The van der Waals surface area contributed by atoms with E-state index in [1.807, 2.05) is 12.1 Å². The van der Waals surface area contributed by atoms with Crippen molar-refractivity contribution in [3.05, 3.63) is 34.9 Å². The minimum atomic E-state index is 0.339. The lowest BCUT2D eigenvalue weighted by Crippen LogP contribution is -2.57. The van der Waals surface area contributed by atoms with Crippen molar-refractivity contribution < 1.29 is 0 Å². The van der Waals surface area contributed by atoms with Gasteiger partial charge in [0.25, 0.3) is 0 Å². The summed E-state index contributed by atoms with van der Waals surface area (Å²) in [5.41, 5.74) is 1.34. The summed E-state index contributed by atoms with van der Waals surface area (Å²) in [6.07, 6.45) is 5.84. The van der Waals surface area contributed by atoms with E-state index in [-0.39, 0.29) is 0 Å². The highest BCUT2D eigenvalue weighted by atomic mass is 35.5. The lowest BCUT2D eigenvalue weighted by molar-refractivity contribution is 0.0184. The molecule has 1 aliphatic carbocycles. The van der Waals surface area contributed by atoms with Gasteiger partial charge in [-0.2, -0.15) is 0 Å². The third-order valence-corrected chi connectivity index (χ3v) is 5.16. The second kappa shape index (κ2) is 6.05. The first-order valence-corrected chi connectivity index (χ1v) is 8.30. The van der Waals surface area contributed by atoms with Crippen molar-refractivity contribution in [3.63, 3.8) is 0 Å². The maximum absolute atomic E-state index is 6.03. The van der Waals surface area contributed by atoms with Gasteiger partial charge in [0.15, 0.2) is 0 Å². The highest BCUT2D eigenvalue weighted by Crippen LogP contribution is 2.35. The van der Waals surface area contributed by atoms with E-state index in [1.54, 1.807) is 0 Å². The Hall–Kier alpha value is -0.570. The Balaban J connectivity index is 1.84. The van der Waals surface area contributed by atoms with Gasteiger partial charge in [-0.1, -0.05) is 36.6 Å². The fraction of sp³-hybridized carbons (Fsp3) is 0.647. The standard InChI is InChI=1S/C17H25ClN2/c1-12(2)20-11-14-5-3-4-6-16(14)19-17(20)13-7-9-15(18)10-8-13/h7-10,12,14,16-17,19H,3-6,11H2,1-2H3/t14-,16-,17-/m1/s1. The molecule has 1 saturated carbocycles. The average molecular weight is 293 g/mol. The molecule has 1 N–H and O–H groups in total. The minimum absolute atomic E-state index is 0.339. The summed E-state index contributed by atoms with van der Waals surface area (Å²) in [7, 11) is 0. The molecule has 0 amide bonds. The molecular weight excluding hydrogens is 268 g/mol. The second-order valence-electron chi connectivity index (χ2n) is 6.56. The Kier molecular flexibility index (Phi) is 4.34. The summed E-state index contributed by atoms with van der Waals surface area (Å²) < 4.78 is 0. The summed E-state index contributed by atoms with van der Waals surface area (Å²) in [6, 6.07) is 9.59. The Labute approximate surface area is 127 Å². The number of nitrogens with one attached hydrogen (secondary N) is 1. The van der Waals surface area contributed by atoms with Crippen molar-refractivity contribution in [3.8, 4) is 0 Å². The van der Waals surface area contributed by atoms with Crippen LogP contribution in [0.15, 0.2) is 24.3 Å². The van der Waals surface area contributed by atoms with Crippen LogP contribution in [0.2, 0.25) is 5.02 Å². The van der Waals surface area contributed by atoms with Gasteiger partial charge in [0.05, 0.1) is 6.17 Å². The topological polar surface area (TPSA) is 15.3 Å². The van der Waals surface area contributed by atoms with Crippen molar-refractivity contribution in [2.24, 2.45) is 5.92 Å². The molecule has 3 atom stereocenters. The van der Waals surface area contributed by atoms with Crippen LogP contribution in [0.3, 0.4) is 0 Å². The molecule has 0 unspecified atom stereocenters. The second-order valence-corrected chi connectivity index (χ2v) is 7.00. The summed E-state index contributed by atoms with van der Waals surface area (Å²) >= 11 is 6.03. The quantitative estimate of drug-likeness (QED) is 0.878. The predicted octanol–water partition coefficient (Wildman–Crippen LogP) is 4.21. The maximum Gasteiger partial charge on any atom is 0.0865 e. The van der Waals surface area contributed by atoms with E-state index in [0.717, 1.165) is 10.9 Å². The molecular formula is C17H25ClN2. The molecule has 3 heteroatoms. The van der Waals surface area contributed by atoms with Gasteiger partial charge in [-0.25, -0.2) is 0 Å². The fourth-order valence-electron chi connectivity index (χ4n) is 3.76. The first kappa shape index (κ1) is 14.4. The highest BCUT2D eigenvalue weighted by Gasteiger charge is 2.37. The van der Waals surface area contributed by atoms with Gasteiger partial charge in [0, 0.05) is 23.7 Å².